The Balaban J connectivity index is 2.14. The Kier molecular flexibility index (Phi) is 4.94. The van der Waals surface area contributed by atoms with Gasteiger partial charge in [0.15, 0.2) is 0 Å². The summed E-state index contributed by atoms with van der Waals surface area (Å²) in [4.78, 5) is 31.5. The van der Waals surface area contributed by atoms with E-state index in [0.717, 1.165) is 18.3 Å². The molecule has 0 aliphatic carbocycles. The standard InChI is InChI=1S/C17H7F6N5O2/c18-16(19,20)11-5-8(1-3-25-11)14(29)13-10(7-24)27-28(15(13)30)9-2-4-26-12(6-9)17(21,22)23/h1-6,27H. The zero-order valence-corrected chi connectivity index (χ0v) is 14.3. The molecular formula is C17H7F6N5O2. The number of nitrogens with zero attached hydrogens (tertiary/aromatic N) is 4. The van der Waals surface area contributed by atoms with Crippen LogP contribution in [0, 0.1) is 11.3 Å². The molecule has 0 radical (unpaired) electrons. The number of aromatic nitrogens is 4. The predicted molar refractivity (Wildman–Crippen MR) is 86.6 cm³/mol. The number of hydrogen-bond acceptors (Lipinski definition) is 5. The van der Waals surface area contributed by atoms with E-state index >= 15 is 0 Å². The van der Waals surface area contributed by atoms with Gasteiger partial charge in [0.05, 0.1) is 5.69 Å². The zero-order valence-electron chi connectivity index (χ0n) is 14.3. The van der Waals surface area contributed by atoms with Crippen molar-refractivity contribution in [2.45, 2.75) is 12.4 Å². The summed E-state index contributed by atoms with van der Waals surface area (Å²) in [6.07, 6.45) is -8.23. The second-order valence-corrected chi connectivity index (χ2v) is 5.77. The van der Waals surface area contributed by atoms with Crippen LogP contribution in [0.3, 0.4) is 0 Å². The average Bonchev–Trinajstić information content (AvgIpc) is 3.02. The van der Waals surface area contributed by atoms with Crippen LogP contribution in [-0.2, 0) is 12.4 Å². The minimum atomic E-state index is -4.86. The van der Waals surface area contributed by atoms with Crippen LogP contribution in [0.25, 0.3) is 5.69 Å². The molecule has 0 saturated heterocycles. The molecule has 0 spiro atoms. The van der Waals surface area contributed by atoms with Gasteiger partial charge in [-0.05, 0) is 24.3 Å². The van der Waals surface area contributed by atoms with E-state index in [1.165, 1.54) is 6.07 Å². The van der Waals surface area contributed by atoms with Crippen LogP contribution < -0.4 is 5.56 Å². The maximum absolute atomic E-state index is 12.9. The number of halogens is 6. The van der Waals surface area contributed by atoms with E-state index in [2.05, 4.69) is 15.1 Å². The van der Waals surface area contributed by atoms with E-state index in [1.807, 2.05) is 0 Å². The molecular weight excluding hydrogens is 420 g/mol. The van der Waals surface area contributed by atoms with Crippen molar-refractivity contribution in [1.29, 1.82) is 5.26 Å². The number of nitriles is 1. The fourth-order valence-corrected chi connectivity index (χ4v) is 2.50. The van der Waals surface area contributed by atoms with E-state index in [1.54, 1.807) is 0 Å². The maximum atomic E-state index is 12.9. The van der Waals surface area contributed by atoms with Gasteiger partial charge in [-0.2, -0.15) is 31.6 Å². The molecule has 0 saturated carbocycles. The van der Waals surface area contributed by atoms with Gasteiger partial charge in [0, 0.05) is 18.0 Å². The second kappa shape index (κ2) is 7.14. The summed E-state index contributed by atoms with van der Waals surface area (Å²) in [5.74, 6) is -1.23. The Morgan fingerprint density at radius 1 is 1.00 bits per heavy atom. The number of carbonyl (C=O) groups is 1. The molecule has 0 atom stereocenters. The first kappa shape index (κ1) is 20.8. The Morgan fingerprint density at radius 3 is 2.13 bits per heavy atom. The highest BCUT2D eigenvalue weighted by atomic mass is 19.4. The number of hydrogen-bond donors (Lipinski definition) is 1. The van der Waals surface area contributed by atoms with Crippen molar-refractivity contribution in [2.75, 3.05) is 0 Å². The van der Waals surface area contributed by atoms with Crippen LogP contribution in [0.5, 0.6) is 0 Å². The molecule has 7 nitrogen and oxygen atoms in total. The molecule has 154 valence electrons. The summed E-state index contributed by atoms with van der Waals surface area (Å²) in [5.41, 5.74) is -6.39. The number of carbonyl (C=O) groups excluding carboxylic acids is 1. The third kappa shape index (κ3) is 3.79. The minimum Gasteiger partial charge on any atom is -0.288 e. The van der Waals surface area contributed by atoms with E-state index in [9.17, 15) is 41.2 Å². The number of H-pyrrole nitrogens is 1. The fraction of sp³-hybridized carbons (Fsp3) is 0.118. The molecule has 0 aliphatic rings. The highest BCUT2D eigenvalue weighted by Crippen LogP contribution is 2.29. The number of rotatable bonds is 3. The smallest absolute Gasteiger partial charge is 0.288 e. The van der Waals surface area contributed by atoms with Gasteiger partial charge in [-0.15, -0.1) is 0 Å². The van der Waals surface area contributed by atoms with Gasteiger partial charge >= 0.3 is 12.4 Å². The van der Waals surface area contributed by atoms with Crippen LogP contribution in [0.15, 0.2) is 41.5 Å². The number of alkyl halides is 6. The molecule has 3 aromatic rings. The van der Waals surface area contributed by atoms with Gasteiger partial charge in [0.1, 0.15) is 28.7 Å². The molecule has 0 aromatic carbocycles. The van der Waals surface area contributed by atoms with Gasteiger partial charge in [0.2, 0.25) is 5.78 Å². The number of pyridine rings is 2. The average molecular weight is 427 g/mol. The van der Waals surface area contributed by atoms with Gasteiger partial charge in [-0.3, -0.25) is 24.7 Å². The molecule has 3 aromatic heterocycles. The van der Waals surface area contributed by atoms with Gasteiger partial charge in [-0.25, -0.2) is 4.68 Å². The minimum absolute atomic E-state index is 0.386. The van der Waals surface area contributed by atoms with Crippen LogP contribution >= 0.6 is 0 Å². The quantitative estimate of drug-likeness (QED) is 0.511. The third-order valence-corrected chi connectivity index (χ3v) is 3.83. The number of aromatic amines is 1. The fourth-order valence-electron chi connectivity index (χ4n) is 2.50. The van der Waals surface area contributed by atoms with Crippen LogP contribution in [0.1, 0.15) is 33.0 Å². The lowest BCUT2D eigenvalue weighted by Crippen LogP contribution is -2.22. The summed E-state index contributed by atoms with van der Waals surface area (Å²) in [6, 6.07) is 4.31. The summed E-state index contributed by atoms with van der Waals surface area (Å²) < 4.78 is 77.5. The van der Waals surface area contributed by atoms with E-state index in [0.29, 0.717) is 23.0 Å². The van der Waals surface area contributed by atoms with Crippen molar-refractivity contribution in [3.05, 3.63) is 75.2 Å². The summed E-state index contributed by atoms with van der Waals surface area (Å²) >= 11 is 0. The molecule has 0 aliphatic heterocycles. The zero-order chi connectivity index (χ0) is 22.3. The Hall–Kier alpha value is -3.95. The highest BCUT2D eigenvalue weighted by molar-refractivity contribution is 6.10. The first-order valence-electron chi connectivity index (χ1n) is 7.80. The molecule has 1 N–H and O–H groups in total. The maximum Gasteiger partial charge on any atom is 0.433 e. The largest absolute Gasteiger partial charge is 0.433 e. The lowest BCUT2D eigenvalue weighted by molar-refractivity contribution is -0.142. The molecule has 30 heavy (non-hydrogen) atoms. The van der Waals surface area contributed by atoms with Crippen LogP contribution in [-0.4, -0.2) is 25.5 Å². The molecule has 13 heteroatoms. The first-order valence-corrected chi connectivity index (χ1v) is 7.80. The van der Waals surface area contributed by atoms with E-state index in [-0.39, 0.29) is 5.69 Å². The highest BCUT2D eigenvalue weighted by Gasteiger charge is 2.34. The lowest BCUT2D eigenvalue weighted by atomic mass is 10.0. The first-order chi connectivity index (χ1) is 13.9. The molecule has 0 amide bonds. The summed E-state index contributed by atoms with van der Waals surface area (Å²) in [6.45, 7) is 0. The molecule has 0 fully saturated rings. The van der Waals surface area contributed by atoms with Gasteiger partial charge in [0.25, 0.3) is 5.56 Å². The molecule has 3 heterocycles. The van der Waals surface area contributed by atoms with Crippen molar-refractivity contribution in [3.63, 3.8) is 0 Å². The van der Waals surface area contributed by atoms with Crippen molar-refractivity contribution >= 4 is 5.78 Å². The molecule has 3 rings (SSSR count). The summed E-state index contributed by atoms with van der Waals surface area (Å²) in [7, 11) is 0. The van der Waals surface area contributed by atoms with Crippen molar-refractivity contribution in [3.8, 4) is 11.8 Å². The number of ketones is 1. The van der Waals surface area contributed by atoms with Crippen molar-refractivity contribution in [2.24, 2.45) is 0 Å². The van der Waals surface area contributed by atoms with Crippen LogP contribution in [0.2, 0.25) is 0 Å². The topological polar surface area (TPSA) is 104 Å². The lowest BCUT2D eigenvalue weighted by Gasteiger charge is -2.07. The van der Waals surface area contributed by atoms with Gasteiger partial charge in [-0.1, -0.05) is 0 Å². The van der Waals surface area contributed by atoms with Crippen molar-refractivity contribution in [1.82, 2.24) is 19.7 Å². The number of nitrogens with one attached hydrogen (secondary N) is 1. The predicted octanol–water partition coefficient (Wildman–Crippen LogP) is 3.10. The SMILES string of the molecule is N#Cc1[nH]n(-c2ccnc(C(F)(F)F)c2)c(=O)c1C(=O)c1ccnc(C(F)(F)F)c1. The monoisotopic (exact) mass is 427 g/mol. The molecule has 0 bridgehead atoms. The Morgan fingerprint density at radius 2 is 1.57 bits per heavy atom. The normalized spacial score (nSPS) is 11.9. The Labute approximate surface area is 162 Å². The van der Waals surface area contributed by atoms with Crippen molar-refractivity contribution < 1.29 is 31.1 Å². The Bertz CT molecular complexity index is 1230. The second-order valence-electron chi connectivity index (χ2n) is 5.77. The van der Waals surface area contributed by atoms with Crippen LogP contribution in [0.4, 0.5) is 26.3 Å². The van der Waals surface area contributed by atoms with E-state index < -0.39 is 51.9 Å². The van der Waals surface area contributed by atoms with E-state index in [4.69, 9.17) is 0 Å². The molecule has 0 unspecified atom stereocenters. The summed E-state index contributed by atoms with van der Waals surface area (Å²) in [5, 5.41) is 11.4. The third-order valence-electron chi connectivity index (χ3n) is 3.83. The van der Waals surface area contributed by atoms with Gasteiger partial charge < -0.3 is 0 Å².